The summed E-state index contributed by atoms with van der Waals surface area (Å²) in [6, 6.07) is 5.85. The van der Waals surface area contributed by atoms with Crippen LogP contribution < -0.4 is 0 Å². The fourth-order valence-electron chi connectivity index (χ4n) is 1.75. The highest BCUT2D eigenvalue weighted by Gasteiger charge is 2.23. The van der Waals surface area contributed by atoms with Crippen molar-refractivity contribution in [2.75, 3.05) is 7.05 Å². The van der Waals surface area contributed by atoms with Gasteiger partial charge in [-0.1, -0.05) is 0 Å². The largest absolute Gasteiger partial charge is 0.467 e. The summed E-state index contributed by atoms with van der Waals surface area (Å²) in [5, 5.41) is 0. The number of hydrogen-bond donors (Lipinski definition) is 0. The molecule has 2 aromatic rings. The Hall–Kier alpha value is -2.17. The minimum atomic E-state index is -0.745. The molecule has 0 aliphatic carbocycles. The molecule has 5 heteroatoms. The fraction of sp³-hybridized carbons (Fsp3) is 0.214. The van der Waals surface area contributed by atoms with Crippen LogP contribution in [-0.2, 0) is 0 Å². The molecule has 1 atom stereocenters. The summed E-state index contributed by atoms with van der Waals surface area (Å²) in [6.07, 6.45) is 1.49. The minimum Gasteiger partial charge on any atom is -0.467 e. The van der Waals surface area contributed by atoms with Crippen molar-refractivity contribution in [1.29, 1.82) is 0 Å². The lowest BCUT2D eigenvalue weighted by Crippen LogP contribution is -2.30. The third kappa shape index (κ3) is 2.65. The van der Waals surface area contributed by atoms with E-state index in [1.165, 1.54) is 18.2 Å². The van der Waals surface area contributed by atoms with E-state index in [-0.39, 0.29) is 11.6 Å². The van der Waals surface area contributed by atoms with Crippen LogP contribution in [0.4, 0.5) is 8.78 Å². The first-order valence-electron chi connectivity index (χ1n) is 5.76. The topological polar surface area (TPSA) is 33.5 Å². The van der Waals surface area contributed by atoms with Gasteiger partial charge in [0.15, 0.2) is 0 Å². The molecular weight excluding hydrogens is 252 g/mol. The molecule has 0 spiro atoms. The van der Waals surface area contributed by atoms with Gasteiger partial charge >= 0.3 is 0 Å². The molecule has 0 unspecified atom stereocenters. The lowest BCUT2D eigenvalue weighted by Gasteiger charge is -2.23. The van der Waals surface area contributed by atoms with Gasteiger partial charge in [0.05, 0.1) is 17.9 Å². The maximum atomic E-state index is 13.5. The van der Waals surface area contributed by atoms with Gasteiger partial charge in [-0.2, -0.15) is 0 Å². The van der Waals surface area contributed by atoms with E-state index in [9.17, 15) is 13.6 Å². The van der Waals surface area contributed by atoms with Crippen molar-refractivity contribution in [3.63, 3.8) is 0 Å². The van der Waals surface area contributed by atoms with Crippen molar-refractivity contribution >= 4 is 5.91 Å². The van der Waals surface area contributed by atoms with E-state index in [1.807, 2.05) is 0 Å². The number of carbonyl (C=O) groups excluding carboxylic acids is 1. The zero-order chi connectivity index (χ0) is 14.0. The Morgan fingerprint density at radius 2 is 2.05 bits per heavy atom. The van der Waals surface area contributed by atoms with Crippen molar-refractivity contribution in [3.05, 3.63) is 59.6 Å². The fourth-order valence-corrected chi connectivity index (χ4v) is 1.75. The monoisotopic (exact) mass is 265 g/mol. The highest BCUT2D eigenvalue weighted by molar-refractivity contribution is 5.94. The van der Waals surface area contributed by atoms with Crippen molar-refractivity contribution in [1.82, 2.24) is 4.90 Å². The Morgan fingerprint density at radius 3 is 2.68 bits per heavy atom. The first-order valence-corrected chi connectivity index (χ1v) is 5.76. The predicted octanol–water partition coefficient (Wildman–Crippen LogP) is 3.39. The van der Waals surface area contributed by atoms with Crippen LogP contribution in [0.3, 0.4) is 0 Å². The van der Waals surface area contributed by atoms with Crippen LogP contribution in [-0.4, -0.2) is 17.9 Å². The maximum absolute atomic E-state index is 13.5. The summed E-state index contributed by atoms with van der Waals surface area (Å²) >= 11 is 0. The predicted molar refractivity (Wildman–Crippen MR) is 65.6 cm³/mol. The molecule has 0 radical (unpaired) electrons. The lowest BCUT2D eigenvalue weighted by molar-refractivity contribution is 0.0721. The molecule has 19 heavy (non-hydrogen) atoms. The summed E-state index contributed by atoms with van der Waals surface area (Å²) < 4.78 is 31.8. The molecule has 0 saturated heterocycles. The number of halogens is 2. The molecule has 0 bridgehead atoms. The van der Waals surface area contributed by atoms with Gasteiger partial charge in [-0.05, 0) is 37.3 Å². The standard InChI is InChI=1S/C14H13F2NO2/c1-9(13-4-3-7-19-13)17(2)14(18)11-8-10(15)5-6-12(11)16/h3-9H,1-2H3/t9-/m1/s1. The van der Waals surface area contributed by atoms with Gasteiger partial charge in [-0.15, -0.1) is 0 Å². The van der Waals surface area contributed by atoms with Gasteiger partial charge in [0, 0.05) is 7.05 Å². The summed E-state index contributed by atoms with van der Waals surface area (Å²) in [5.74, 6) is -1.41. The van der Waals surface area contributed by atoms with Gasteiger partial charge in [0.2, 0.25) is 0 Å². The third-order valence-corrected chi connectivity index (χ3v) is 3.02. The number of nitrogens with zero attached hydrogens (tertiary/aromatic N) is 1. The van der Waals surface area contributed by atoms with Crippen LogP contribution in [0, 0.1) is 11.6 Å². The van der Waals surface area contributed by atoms with E-state index in [2.05, 4.69) is 0 Å². The Balaban J connectivity index is 2.26. The molecule has 1 heterocycles. The Bertz CT molecular complexity index is 581. The highest BCUT2D eigenvalue weighted by Crippen LogP contribution is 2.22. The molecule has 2 rings (SSSR count). The molecule has 0 aliphatic rings. The second kappa shape index (κ2) is 5.22. The molecule has 0 saturated carbocycles. The number of furan rings is 1. The number of amides is 1. The smallest absolute Gasteiger partial charge is 0.257 e. The average molecular weight is 265 g/mol. The van der Waals surface area contributed by atoms with E-state index in [0.29, 0.717) is 5.76 Å². The lowest BCUT2D eigenvalue weighted by atomic mass is 10.1. The maximum Gasteiger partial charge on any atom is 0.257 e. The van der Waals surface area contributed by atoms with Crippen molar-refractivity contribution in [2.24, 2.45) is 0 Å². The number of carbonyl (C=O) groups is 1. The van der Waals surface area contributed by atoms with Gasteiger partial charge in [0.25, 0.3) is 5.91 Å². The minimum absolute atomic E-state index is 0.291. The SMILES string of the molecule is C[C@H](c1ccco1)N(C)C(=O)c1cc(F)ccc1F. The summed E-state index contributed by atoms with van der Waals surface area (Å²) in [4.78, 5) is 13.4. The number of hydrogen-bond acceptors (Lipinski definition) is 2. The van der Waals surface area contributed by atoms with Gasteiger partial charge in [-0.3, -0.25) is 4.79 Å². The molecule has 3 nitrogen and oxygen atoms in total. The van der Waals surface area contributed by atoms with Gasteiger partial charge in [-0.25, -0.2) is 8.78 Å². The van der Waals surface area contributed by atoms with Crippen LogP contribution in [0.15, 0.2) is 41.0 Å². The molecule has 1 aromatic heterocycles. The van der Waals surface area contributed by atoms with E-state index >= 15 is 0 Å². The van der Waals surface area contributed by atoms with E-state index < -0.39 is 17.5 Å². The van der Waals surface area contributed by atoms with E-state index in [4.69, 9.17) is 4.42 Å². The van der Waals surface area contributed by atoms with Crippen LogP contribution in [0.25, 0.3) is 0 Å². The van der Waals surface area contributed by atoms with Gasteiger partial charge in [0.1, 0.15) is 17.4 Å². The first-order chi connectivity index (χ1) is 9.00. The average Bonchev–Trinajstić information content (AvgIpc) is 2.93. The van der Waals surface area contributed by atoms with Crippen molar-refractivity contribution in [3.8, 4) is 0 Å². The second-order valence-corrected chi connectivity index (χ2v) is 4.23. The zero-order valence-electron chi connectivity index (χ0n) is 10.6. The Labute approximate surface area is 109 Å². The first kappa shape index (κ1) is 13.3. The van der Waals surface area contributed by atoms with Crippen LogP contribution in [0.1, 0.15) is 29.1 Å². The number of benzene rings is 1. The second-order valence-electron chi connectivity index (χ2n) is 4.23. The molecule has 1 aromatic carbocycles. The third-order valence-electron chi connectivity index (χ3n) is 3.02. The van der Waals surface area contributed by atoms with Crippen LogP contribution in [0.2, 0.25) is 0 Å². The normalized spacial score (nSPS) is 12.2. The molecule has 0 N–H and O–H groups in total. The Kier molecular flexibility index (Phi) is 3.64. The zero-order valence-corrected chi connectivity index (χ0v) is 10.6. The molecule has 0 fully saturated rings. The quantitative estimate of drug-likeness (QED) is 0.852. The molecular formula is C14H13F2NO2. The van der Waals surface area contributed by atoms with Gasteiger partial charge < -0.3 is 9.32 Å². The van der Waals surface area contributed by atoms with E-state index in [0.717, 1.165) is 18.2 Å². The van der Waals surface area contributed by atoms with Crippen LogP contribution >= 0.6 is 0 Å². The summed E-state index contributed by atoms with van der Waals surface area (Å²) in [6.45, 7) is 1.74. The highest BCUT2D eigenvalue weighted by atomic mass is 19.1. The Morgan fingerprint density at radius 1 is 1.32 bits per heavy atom. The number of rotatable bonds is 3. The molecule has 100 valence electrons. The summed E-state index contributed by atoms with van der Waals surface area (Å²) in [5.41, 5.74) is -0.291. The van der Waals surface area contributed by atoms with Crippen molar-refractivity contribution < 1.29 is 18.0 Å². The molecule has 0 aliphatic heterocycles. The van der Waals surface area contributed by atoms with Crippen molar-refractivity contribution in [2.45, 2.75) is 13.0 Å². The summed E-state index contributed by atoms with van der Waals surface area (Å²) in [7, 11) is 1.51. The molecule has 1 amide bonds. The van der Waals surface area contributed by atoms with Crippen LogP contribution in [0.5, 0.6) is 0 Å². The van der Waals surface area contributed by atoms with E-state index in [1.54, 1.807) is 19.1 Å².